The molecule has 45 heavy (non-hydrogen) atoms. The third-order valence-electron chi connectivity index (χ3n) is 7.70. The number of aromatic nitrogens is 2. The number of ether oxygens (including phenoxy) is 2. The minimum Gasteiger partial charge on any atom is -0.460 e. The van der Waals surface area contributed by atoms with Crippen LogP contribution in [0.2, 0.25) is 0 Å². The number of nitrogens with zero attached hydrogens (tertiary/aromatic N) is 4. The first-order valence-corrected chi connectivity index (χ1v) is 15.7. The van der Waals surface area contributed by atoms with E-state index in [2.05, 4.69) is 15.3 Å². The standard InChI is InChI=1S/C33H43N5O7/c1-5-44-32(43)38-19-17-37(18-20-38)31(42)24(15-16-28(40)45-33(2,3)4)36-30(41)26-21-25(23-13-9-10-14-27(23)39)34-29(35-26)22-11-7-6-8-12-22/h6-8,11-12,21,23-24H,5,9-10,13-20H2,1-4H3,(H,36,41). The van der Waals surface area contributed by atoms with Gasteiger partial charge in [-0.25, -0.2) is 14.8 Å². The summed E-state index contributed by atoms with van der Waals surface area (Å²) in [4.78, 5) is 77.4. The van der Waals surface area contributed by atoms with Crippen molar-refractivity contribution < 1.29 is 33.4 Å². The van der Waals surface area contributed by atoms with Crippen molar-refractivity contribution in [2.45, 2.75) is 83.8 Å². The van der Waals surface area contributed by atoms with Crippen LogP contribution in [-0.2, 0) is 23.9 Å². The highest BCUT2D eigenvalue weighted by Gasteiger charge is 2.33. The Morgan fingerprint density at radius 3 is 2.33 bits per heavy atom. The van der Waals surface area contributed by atoms with Crippen molar-refractivity contribution in [3.8, 4) is 11.4 Å². The number of rotatable bonds is 9. The number of esters is 1. The van der Waals surface area contributed by atoms with E-state index >= 15 is 0 Å². The summed E-state index contributed by atoms with van der Waals surface area (Å²) in [5.41, 5.74) is 0.490. The molecule has 1 saturated carbocycles. The number of carbonyl (C=O) groups excluding carboxylic acids is 5. The Morgan fingerprint density at radius 2 is 1.69 bits per heavy atom. The van der Waals surface area contributed by atoms with Gasteiger partial charge in [-0.3, -0.25) is 19.2 Å². The maximum atomic E-state index is 13.8. The summed E-state index contributed by atoms with van der Waals surface area (Å²) >= 11 is 0. The molecule has 1 aromatic carbocycles. The van der Waals surface area contributed by atoms with Crippen molar-refractivity contribution in [2.24, 2.45) is 0 Å². The molecule has 1 aromatic heterocycles. The highest BCUT2D eigenvalue weighted by molar-refractivity contribution is 5.97. The highest BCUT2D eigenvalue weighted by Crippen LogP contribution is 2.30. The second-order valence-electron chi connectivity index (χ2n) is 12.3. The highest BCUT2D eigenvalue weighted by atomic mass is 16.6. The Morgan fingerprint density at radius 1 is 1.00 bits per heavy atom. The molecule has 2 aliphatic rings. The van der Waals surface area contributed by atoms with Gasteiger partial charge in [0.15, 0.2) is 5.82 Å². The van der Waals surface area contributed by atoms with Gasteiger partial charge < -0.3 is 24.6 Å². The second kappa shape index (κ2) is 15.1. The van der Waals surface area contributed by atoms with Crippen LogP contribution in [0, 0.1) is 0 Å². The lowest BCUT2D eigenvalue weighted by molar-refractivity contribution is -0.155. The molecule has 242 valence electrons. The van der Waals surface area contributed by atoms with Crippen molar-refractivity contribution in [3.05, 3.63) is 47.8 Å². The van der Waals surface area contributed by atoms with Crippen molar-refractivity contribution in [1.29, 1.82) is 0 Å². The van der Waals surface area contributed by atoms with Crippen molar-refractivity contribution in [1.82, 2.24) is 25.1 Å². The molecule has 2 atom stereocenters. The summed E-state index contributed by atoms with van der Waals surface area (Å²) in [5.74, 6) is -1.53. The Balaban J connectivity index is 1.58. The lowest BCUT2D eigenvalue weighted by atomic mass is 9.85. The van der Waals surface area contributed by atoms with Crippen molar-refractivity contribution in [2.75, 3.05) is 32.8 Å². The van der Waals surface area contributed by atoms with Crippen LogP contribution < -0.4 is 5.32 Å². The quantitative estimate of drug-likeness (QED) is 0.412. The first-order valence-electron chi connectivity index (χ1n) is 15.7. The monoisotopic (exact) mass is 621 g/mol. The van der Waals surface area contributed by atoms with Crippen LogP contribution in [0.3, 0.4) is 0 Å². The number of carbonyl (C=O) groups is 5. The Bertz CT molecular complexity index is 1380. The van der Waals surface area contributed by atoms with Crippen LogP contribution in [0.1, 0.15) is 88.3 Å². The maximum Gasteiger partial charge on any atom is 0.409 e. The van der Waals surface area contributed by atoms with Gasteiger partial charge in [0.1, 0.15) is 23.1 Å². The van der Waals surface area contributed by atoms with E-state index in [-0.39, 0.29) is 63.0 Å². The molecule has 1 aliphatic heterocycles. The van der Waals surface area contributed by atoms with E-state index in [1.54, 1.807) is 32.6 Å². The first-order chi connectivity index (χ1) is 21.4. The summed E-state index contributed by atoms with van der Waals surface area (Å²) in [6.07, 6.45) is 2.27. The molecule has 12 heteroatoms. The van der Waals surface area contributed by atoms with Crippen LogP contribution in [0.4, 0.5) is 4.79 Å². The molecule has 0 spiro atoms. The van der Waals surface area contributed by atoms with Gasteiger partial charge in [-0.2, -0.15) is 0 Å². The van der Waals surface area contributed by atoms with E-state index in [4.69, 9.17) is 9.47 Å². The second-order valence-corrected chi connectivity index (χ2v) is 12.3. The van der Waals surface area contributed by atoms with Gasteiger partial charge in [0.2, 0.25) is 5.91 Å². The van der Waals surface area contributed by atoms with Crippen LogP contribution in [0.15, 0.2) is 36.4 Å². The summed E-state index contributed by atoms with van der Waals surface area (Å²) in [5, 5.41) is 2.80. The molecule has 2 aromatic rings. The summed E-state index contributed by atoms with van der Waals surface area (Å²) in [6, 6.07) is 9.66. The smallest absolute Gasteiger partial charge is 0.409 e. The van der Waals surface area contributed by atoms with Gasteiger partial charge in [-0.1, -0.05) is 36.8 Å². The minimum absolute atomic E-state index is 0.00215. The van der Waals surface area contributed by atoms with Crippen LogP contribution in [-0.4, -0.2) is 93.9 Å². The first kappa shape index (κ1) is 33.5. The third kappa shape index (κ3) is 9.32. The van der Waals surface area contributed by atoms with Gasteiger partial charge in [0, 0.05) is 44.6 Å². The SMILES string of the molecule is CCOC(=O)N1CCN(C(=O)C(CCC(=O)OC(C)(C)C)NC(=O)c2cc(C3CCCCC3=O)nc(-c3ccccc3)n2)CC1. The topological polar surface area (TPSA) is 148 Å². The van der Waals surface area contributed by atoms with Gasteiger partial charge >= 0.3 is 12.1 Å². The Kier molecular flexibility index (Phi) is 11.2. The molecular weight excluding hydrogens is 578 g/mol. The fraction of sp³-hybridized carbons (Fsp3) is 0.545. The summed E-state index contributed by atoms with van der Waals surface area (Å²) in [7, 11) is 0. The fourth-order valence-corrected chi connectivity index (χ4v) is 5.46. The molecule has 3 amide bonds. The molecule has 0 bridgehead atoms. The minimum atomic E-state index is -1.06. The molecular formula is C33H43N5O7. The average molecular weight is 622 g/mol. The zero-order valence-electron chi connectivity index (χ0n) is 26.5. The van der Waals surface area contributed by atoms with E-state index in [9.17, 15) is 24.0 Å². The number of Topliss-reactive ketones (excluding diaryl/α,β-unsaturated/α-hetero) is 1. The number of ketones is 1. The lowest BCUT2D eigenvalue weighted by Gasteiger charge is -2.36. The predicted molar refractivity (Wildman–Crippen MR) is 165 cm³/mol. The van der Waals surface area contributed by atoms with Crippen LogP contribution >= 0.6 is 0 Å². The van der Waals surface area contributed by atoms with Gasteiger partial charge in [-0.15, -0.1) is 0 Å². The van der Waals surface area contributed by atoms with E-state index in [0.29, 0.717) is 29.9 Å². The van der Waals surface area contributed by atoms with Crippen LogP contribution in [0.25, 0.3) is 11.4 Å². The van der Waals surface area contributed by atoms with E-state index in [1.165, 1.54) is 11.0 Å². The molecule has 2 unspecified atom stereocenters. The average Bonchev–Trinajstić information content (AvgIpc) is 3.02. The van der Waals surface area contributed by atoms with E-state index < -0.39 is 35.5 Å². The van der Waals surface area contributed by atoms with Crippen LogP contribution in [0.5, 0.6) is 0 Å². The number of nitrogens with one attached hydrogen (secondary N) is 1. The number of hydrogen-bond acceptors (Lipinski definition) is 9. The molecule has 2 heterocycles. The zero-order valence-corrected chi connectivity index (χ0v) is 26.5. The molecule has 2 fully saturated rings. The predicted octanol–water partition coefficient (Wildman–Crippen LogP) is 3.89. The number of hydrogen-bond donors (Lipinski definition) is 1. The molecule has 1 N–H and O–H groups in total. The number of amides is 3. The largest absolute Gasteiger partial charge is 0.460 e. The van der Waals surface area contributed by atoms with E-state index in [1.807, 2.05) is 30.3 Å². The number of piperazine rings is 1. The molecule has 0 radical (unpaired) electrons. The van der Waals surface area contributed by atoms with Crippen molar-refractivity contribution >= 4 is 29.7 Å². The zero-order chi connectivity index (χ0) is 32.6. The lowest BCUT2D eigenvalue weighted by Crippen LogP contribution is -2.56. The number of benzene rings is 1. The molecule has 1 saturated heterocycles. The molecule has 1 aliphatic carbocycles. The molecule has 12 nitrogen and oxygen atoms in total. The summed E-state index contributed by atoms with van der Waals surface area (Å²) in [6.45, 7) is 8.30. The van der Waals surface area contributed by atoms with E-state index in [0.717, 1.165) is 12.8 Å². The van der Waals surface area contributed by atoms with Gasteiger partial charge in [0.25, 0.3) is 5.91 Å². The van der Waals surface area contributed by atoms with Gasteiger partial charge in [0.05, 0.1) is 18.2 Å². The Labute approximate surface area is 263 Å². The Hall–Kier alpha value is -4.35. The third-order valence-corrected chi connectivity index (χ3v) is 7.70. The normalized spacial score (nSPS) is 17.8. The summed E-state index contributed by atoms with van der Waals surface area (Å²) < 4.78 is 10.5. The molecule has 4 rings (SSSR count). The maximum absolute atomic E-state index is 13.8. The van der Waals surface area contributed by atoms with Crippen molar-refractivity contribution in [3.63, 3.8) is 0 Å². The fourth-order valence-electron chi connectivity index (χ4n) is 5.46. The van der Waals surface area contributed by atoms with Gasteiger partial charge in [-0.05, 0) is 53.0 Å².